The van der Waals surface area contributed by atoms with Crippen LogP contribution in [0, 0.1) is 35.2 Å². The van der Waals surface area contributed by atoms with Crippen LogP contribution in [-0.2, 0) is 37.9 Å². The van der Waals surface area contributed by atoms with Crippen LogP contribution in [0.2, 0.25) is 0 Å². The minimum Gasteiger partial charge on any atom is -0.511 e. The molecule has 2 aromatic rings. The highest BCUT2D eigenvalue weighted by molar-refractivity contribution is 7.91. The monoisotopic (exact) mass is 616 g/mol. The Hall–Kier alpha value is -2.95. The molecule has 214 valence electrons. The van der Waals surface area contributed by atoms with Crippen molar-refractivity contribution < 1.29 is 39.9 Å². The number of thiophene rings is 1. The zero-order valence-electron chi connectivity index (χ0n) is 20.8. The summed E-state index contributed by atoms with van der Waals surface area (Å²) in [5.74, 6) is -6.42. The summed E-state index contributed by atoms with van der Waals surface area (Å²) in [6.07, 6.45) is 3.23. The van der Waals surface area contributed by atoms with Gasteiger partial charge in [-0.1, -0.05) is 0 Å². The number of hydrogen-bond acceptors (Lipinski definition) is 8. The first-order chi connectivity index (χ1) is 18.7. The second-order valence-electron chi connectivity index (χ2n) is 10.5. The summed E-state index contributed by atoms with van der Waals surface area (Å²) in [6.45, 7) is -0.589. The number of sulfonamides is 2. The van der Waals surface area contributed by atoms with Crippen molar-refractivity contribution in [1.29, 1.82) is 0 Å². The number of amides is 1. The number of fused-ring (bicyclic) bond motifs is 6. The average molecular weight is 617 g/mol. The molecule has 1 aromatic heterocycles. The van der Waals surface area contributed by atoms with Crippen molar-refractivity contribution in [2.75, 3.05) is 11.6 Å². The molecule has 2 unspecified atom stereocenters. The van der Waals surface area contributed by atoms with Gasteiger partial charge in [-0.2, -0.15) is 8.42 Å². The van der Waals surface area contributed by atoms with Gasteiger partial charge in [0.25, 0.3) is 15.9 Å². The number of halogens is 3. The molecule has 4 atom stereocenters. The third-order valence-electron chi connectivity index (χ3n) is 7.96. The van der Waals surface area contributed by atoms with Crippen molar-refractivity contribution in [3.63, 3.8) is 0 Å². The molecule has 1 amide bonds. The molecule has 2 fully saturated rings. The van der Waals surface area contributed by atoms with Gasteiger partial charge in [-0.15, -0.1) is 15.7 Å². The standard InChI is InChI=1S/C24H23F3N4O6S3/c1-39(34,35)28-7-13-9-38-23-21(13)40(36,37)30-22(29-23)17-20(32)16-11-2-3-12(6-11)19(16)31(24(17)33)8-10-4-14(25)18(27)15(26)5-10/h4-5,9,11-12,16,19,28,32H,2-3,6-8H2,1H3,(H,29,30)/t11-,12+,16?,19?/m1/s1. The first-order valence-corrected chi connectivity index (χ1v) is 16.5. The maximum Gasteiger partial charge on any atom is 0.287 e. The molecule has 1 aromatic carbocycles. The zero-order valence-corrected chi connectivity index (χ0v) is 23.3. The minimum absolute atomic E-state index is 0.00161. The van der Waals surface area contributed by atoms with Gasteiger partial charge in [0.1, 0.15) is 21.2 Å². The van der Waals surface area contributed by atoms with Gasteiger partial charge in [0.2, 0.25) is 10.0 Å². The van der Waals surface area contributed by atoms with Gasteiger partial charge >= 0.3 is 0 Å². The molecule has 0 spiro atoms. The van der Waals surface area contributed by atoms with Gasteiger partial charge in [-0.3, -0.25) is 4.79 Å². The normalized spacial score (nSPS) is 26.9. The van der Waals surface area contributed by atoms with Crippen LogP contribution in [0.4, 0.5) is 18.2 Å². The highest BCUT2D eigenvalue weighted by Gasteiger charge is 2.57. The number of anilines is 1. The predicted octanol–water partition coefficient (Wildman–Crippen LogP) is 3.00. The number of amidine groups is 1. The molecule has 40 heavy (non-hydrogen) atoms. The van der Waals surface area contributed by atoms with Gasteiger partial charge in [-0.25, -0.2) is 26.3 Å². The molecule has 6 rings (SSSR count). The molecular formula is C24H23F3N4O6S3. The Morgan fingerprint density at radius 2 is 1.88 bits per heavy atom. The maximum atomic E-state index is 14.0. The van der Waals surface area contributed by atoms with E-state index in [1.54, 1.807) is 0 Å². The van der Waals surface area contributed by atoms with Crippen LogP contribution in [0.5, 0.6) is 0 Å². The largest absolute Gasteiger partial charge is 0.511 e. The minimum atomic E-state index is -4.42. The molecule has 0 radical (unpaired) electrons. The summed E-state index contributed by atoms with van der Waals surface area (Å²) in [5.41, 5.74) is -0.207. The SMILES string of the molecule is CS(=O)(=O)NCc1csc2c1S(=O)(=O)N=C(C1=C(O)C3C([C@H]4CC[C@@H]3C4)N(Cc3cc(F)c(F)c(F)c3)C1=O)N2. The van der Waals surface area contributed by atoms with Gasteiger partial charge in [0, 0.05) is 30.6 Å². The molecule has 2 saturated carbocycles. The van der Waals surface area contributed by atoms with E-state index < -0.39 is 61.2 Å². The summed E-state index contributed by atoms with van der Waals surface area (Å²) in [7, 11) is -8.04. The smallest absolute Gasteiger partial charge is 0.287 e. The number of benzene rings is 1. The number of nitrogens with one attached hydrogen (secondary N) is 2. The zero-order chi connectivity index (χ0) is 28.7. The highest BCUT2D eigenvalue weighted by atomic mass is 32.2. The molecule has 0 saturated heterocycles. The summed E-state index contributed by atoms with van der Waals surface area (Å²) in [5, 5.41) is 15.7. The van der Waals surface area contributed by atoms with E-state index in [0.29, 0.717) is 6.42 Å². The van der Waals surface area contributed by atoms with Crippen LogP contribution in [0.15, 0.2) is 38.1 Å². The Morgan fingerprint density at radius 3 is 2.55 bits per heavy atom. The van der Waals surface area contributed by atoms with Crippen molar-refractivity contribution in [3.05, 3.63) is 57.4 Å². The first-order valence-electron chi connectivity index (χ1n) is 12.3. The summed E-state index contributed by atoms with van der Waals surface area (Å²) < 4.78 is 97.1. The Kier molecular flexibility index (Phi) is 6.32. The van der Waals surface area contributed by atoms with Crippen molar-refractivity contribution in [2.24, 2.45) is 22.2 Å². The lowest BCUT2D eigenvalue weighted by Gasteiger charge is -2.44. The van der Waals surface area contributed by atoms with Gasteiger partial charge in [0.05, 0.1) is 6.26 Å². The van der Waals surface area contributed by atoms with Crippen LogP contribution in [0.1, 0.15) is 30.4 Å². The Balaban J connectivity index is 1.40. The lowest BCUT2D eigenvalue weighted by atomic mass is 9.77. The Bertz CT molecular complexity index is 1710. The van der Waals surface area contributed by atoms with Crippen LogP contribution >= 0.6 is 11.3 Å². The van der Waals surface area contributed by atoms with Crippen LogP contribution in [0.25, 0.3) is 0 Å². The molecule has 2 aliphatic heterocycles. The van der Waals surface area contributed by atoms with Crippen molar-refractivity contribution >= 4 is 48.1 Å². The van der Waals surface area contributed by atoms with Gasteiger partial charge in [0.15, 0.2) is 23.3 Å². The summed E-state index contributed by atoms with van der Waals surface area (Å²) in [4.78, 5) is 15.0. The number of nitrogens with zero attached hydrogens (tertiary/aromatic N) is 2. The first kappa shape index (κ1) is 27.2. The average Bonchev–Trinajstić information content (AvgIpc) is 3.58. The van der Waals surface area contributed by atoms with Gasteiger partial charge in [-0.05, 0) is 54.2 Å². The molecule has 2 bridgehead atoms. The number of carbonyl (C=O) groups is 1. The summed E-state index contributed by atoms with van der Waals surface area (Å²) >= 11 is 0.961. The van der Waals surface area contributed by atoms with E-state index in [0.717, 1.165) is 42.6 Å². The number of rotatable bonds is 6. The van der Waals surface area contributed by atoms with Crippen LogP contribution < -0.4 is 10.0 Å². The Labute approximate surface area is 231 Å². The number of hydrogen-bond donors (Lipinski definition) is 3. The quantitative estimate of drug-likeness (QED) is 0.423. The molecule has 2 aliphatic carbocycles. The Morgan fingerprint density at radius 1 is 1.20 bits per heavy atom. The van der Waals surface area contributed by atoms with E-state index in [9.17, 15) is 39.9 Å². The number of aliphatic hydroxyl groups is 1. The molecular weight excluding hydrogens is 593 g/mol. The molecule has 3 N–H and O–H groups in total. The van der Waals surface area contributed by atoms with Crippen molar-refractivity contribution in [3.8, 4) is 0 Å². The topological polar surface area (TPSA) is 145 Å². The van der Waals surface area contributed by atoms with Crippen LogP contribution in [0.3, 0.4) is 0 Å². The molecule has 4 aliphatic rings. The molecule has 3 heterocycles. The third-order valence-corrected chi connectivity index (χ3v) is 11.1. The third kappa shape index (κ3) is 4.40. The highest BCUT2D eigenvalue weighted by Crippen LogP contribution is 2.55. The van der Waals surface area contributed by atoms with E-state index in [1.807, 2.05) is 0 Å². The number of carbonyl (C=O) groups excluding carboxylic acids is 1. The van der Waals surface area contributed by atoms with E-state index in [4.69, 9.17) is 0 Å². The molecule has 10 nitrogen and oxygen atoms in total. The van der Waals surface area contributed by atoms with E-state index in [2.05, 4.69) is 14.4 Å². The fraction of sp³-hybridized carbons (Fsp3) is 0.417. The maximum absolute atomic E-state index is 14.0. The predicted molar refractivity (Wildman–Crippen MR) is 139 cm³/mol. The fourth-order valence-corrected chi connectivity index (χ4v) is 9.46. The van der Waals surface area contributed by atoms with E-state index >= 15 is 0 Å². The summed E-state index contributed by atoms with van der Waals surface area (Å²) in [6, 6.07) is 1.12. The van der Waals surface area contributed by atoms with Gasteiger partial charge < -0.3 is 15.3 Å². The second kappa shape index (κ2) is 9.29. The van der Waals surface area contributed by atoms with E-state index in [-0.39, 0.29) is 57.3 Å². The molecule has 16 heteroatoms. The second-order valence-corrected chi connectivity index (χ2v) is 14.7. The van der Waals surface area contributed by atoms with E-state index in [1.165, 1.54) is 10.3 Å². The van der Waals surface area contributed by atoms with Crippen LogP contribution in [-0.4, -0.2) is 50.9 Å². The number of aliphatic hydroxyl groups excluding tert-OH is 1. The van der Waals surface area contributed by atoms with Crippen molar-refractivity contribution in [1.82, 2.24) is 9.62 Å². The lowest BCUT2D eigenvalue weighted by Crippen LogP contribution is -2.53. The van der Waals surface area contributed by atoms with Crippen molar-refractivity contribution in [2.45, 2.75) is 43.3 Å². The lowest BCUT2D eigenvalue weighted by molar-refractivity contribution is -0.134. The fourth-order valence-electron chi connectivity index (χ4n) is 6.43.